The van der Waals surface area contributed by atoms with Crippen molar-refractivity contribution in [3.63, 3.8) is 0 Å². The molecule has 0 aromatic carbocycles. The van der Waals surface area contributed by atoms with Gasteiger partial charge in [-0.25, -0.2) is 0 Å². The van der Waals surface area contributed by atoms with Crippen molar-refractivity contribution in [1.29, 1.82) is 0 Å². The van der Waals surface area contributed by atoms with Crippen molar-refractivity contribution in [1.82, 2.24) is 21.3 Å². The van der Waals surface area contributed by atoms with Gasteiger partial charge in [0.25, 0.3) is 0 Å². The van der Waals surface area contributed by atoms with Gasteiger partial charge >= 0.3 is 0 Å². The average Bonchev–Trinajstić information content (AvgIpc) is 2.36. The van der Waals surface area contributed by atoms with E-state index < -0.39 is 0 Å². The van der Waals surface area contributed by atoms with Crippen LogP contribution in [0.3, 0.4) is 0 Å². The molecule has 2 aliphatic heterocycles. The van der Waals surface area contributed by atoms with E-state index >= 15 is 0 Å². The van der Waals surface area contributed by atoms with E-state index in [-0.39, 0.29) is 27.6 Å². The summed E-state index contributed by atoms with van der Waals surface area (Å²) in [4.78, 5) is 0. The molecule has 4 heteroatoms. The first-order chi connectivity index (χ1) is 12.0. The van der Waals surface area contributed by atoms with Crippen molar-refractivity contribution >= 4 is 0 Å². The Bertz CT molecular complexity index is 429. The summed E-state index contributed by atoms with van der Waals surface area (Å²) in [6.45, 7) is 25.5. The van der Waals surface area contributed by atoms with Gasteiger partial charge in [-0.3, -0.25) is 0 Å². The van der Waals surface area contributed by atoms with E-state index in [2.05, 4.69) is 90.5 Å². The third kappa shape index (κ3) is 7.64. The van der Waals surface area contributed by atoms with Crippen molar-refractivity contribution < 1.29 is 0 Å². The van der Waals surface area contributed by atoms with Crippen molar-refractivity contribution in [3.05, 3.63) is 0 Å². The van der Waals surface area contributed by atoms with Crippen molar-refractivity contribution in [2.24, 2.45) is 5.41 Å². The molecule has 0 amide bonds. The minimum Gasteiger partial charge on any atom is -0.313 e. The zero-order valence-corrected chi connectivity index (χ0v) is 19.9. The smallest absolute Gasteiger partial charge is 0.0144 e. The van der Waals surface area contributed by atoms with Crippen LogP contribution < -0.4 is 21.3 Å². The number of nitrogens with one attached hydrogen (secondary N) is 4. The zero-order chi connectivity index (χ0) is 20.7. The lowest BCUT2D eigenvalue weighted by atomic mass is 9.78. The Kier molecular flexibility index (Phi) is 6.50. The van der Waals surface area contributed by atoms with E-state index in [1.54, 1.807) is 0 Å². The van der Waals surface area contributed by atoms with Crippen LogP contribution in [0.1, 0.15) is 94.9 Å². The Morgan fingerprint density at radius 3 is 1.15 bits per heavy atom. The van der Waals surface area contributed by atoms with E-state index in [9.17, 15) is 0 Å². The largest absolute Gasteiger partial charge is 0.313 e. The van der Waals surface area contributed by atoms with Crippen LogP contribution in [0.2, 0.25) is 0 Å². The maximum absolute atomic E-state index is 3.90. The lowest BCUT2D eigenvalue weighted by Gasteiger charge is -2.48. The Morgan fingerprint density at radius 2 is 0.889 bits per heavy atom. The van der Waals surface area contributed by atoms with Crippen LogP contribution in [0.4, 0.5) is 0 Å². The van der Waals surface area contributed by atoms with Gasteiger partial charge in [-0.15, -0.1) is 0 Å². The molecular weight excluding hydrogens is 332 g/mol. The SMILES string of the molecule is CC(C)(CNC1CC(C)(C)NC(C)(C)C1)CNC1CC(C)(C)NC(C)(C)C1. The summed E-state index contributed by atoms with van der Waals surface area (Å²) in [5, 5.41) is 15.4. The molecule has 2 saturated heterocycles. The molecule has 0 radical (unpaired) electrons. The van der Waals surface area contributed by atoms with Crippen LogP contribution in [0.5, 0.6) is 0 Å². The number of hydrogen-bond acceptors (Lipinski definition) is 4. The zero-order valence-electron chi connectivity index (χ0n) is 19.9. The van der Waals surface area contributed by atoms with Gasteiger partial charge in [0.2, 0.25) is 0 Å². The highest BCUT2D eigenvalue weighted by molar-refractivity contribution is 5.01. The minimum absolute atomic E-state index is 0.202. The molecule has 2 heterocycles. The second kappa shape index (κ2) is 7.59. The fourth-order valence-corrected chi connectivity index (χ4v) is 5.84. The second-order valence-electron chi connectivity index (χ2n) is 12.9. The summed E-state index contributed by atoms with van der Waals surface area (Å²) in [5.74, 6) is 0. The monoisotopic (exact) mass is 380 g/mol. The van der Waals surface area contributed by atoms with Crippen LogP contribution in [0.25, 0.3) is 0 Å². The van der Waals surface area contributed by atoms with Gasteiger partial charge in [-0.1, -0.05) is 13.8 Å². The number of hydrogen-bond donors (Lipinski definition) is 4. The van der Waals surface area contributed by atoms with Gasteiger partial charge in [0.05, 0.1) is 0 Å². The fourth-order valence-electron chi connectivity index (χ4n) is 5.84. The number of rotatable bonds is 6. The van der Waals surface area contributed by atoms with Crippen LogP contribution in [-0.2, 0) is 0 Å². The maximum atomic E-state index is 3.90. The molecule has 0 aromatic rings. The van der Waals surface area contributed by atoms with Crippen molar-refractivity contribution in [3.8, 4) is 0 Å². The van der Waals surface area contributed by atoms with E-state index in [4.69, 9.17) is 0 Å². The standard InChI is InChI=1S/C23H48N4/c1-19(2,15-24-17-11-20(3,4)26-21(5,6)12-17)16-25-18-13-22(7,8)27-23(9,10)14-18/h17-18,24-27H,11-16H2,1-10H3. The molecule has 27 heavy (non-hydrogen) atoms. The molecule has 0 saturated carbocycles. The van der Waals surface area contributed by atoms with E-state index in [0.717, 1.165) is 13.1 Å². The van der Waals surface area contributed by atoms with Crippen LogP contribution in [0, 0.1) is 5.41 Å². The van der Waals surface area contributed by atoms with Gasteiger partial charge in [-0.2, -0.15) is 0 Å². The predicted octanol–water partition coefficient (Wildman–Crippen LogP) is 3.81. The molecule has 2 fully saturated rings. The number of piperidine rings is 2. The summed E-state index contributed by atoms with van der Waals surface area (Å²) in [5.41, 5.74) is 1.06. The summed E-state index contributed by atoms with van der Waals surface area (Å²) in [6.07, 6.45) is 4.76. The Morgan fingerprint density at radius 1 is 0.630 bits per heavy atom. The molecule has 2 rings (SSSR count). The van der Waals surface area contributed by atoms with Crippen LogP contribution in [0.15, 0.2) is 0 Å². The lowest BCUT2D eigenvalue weighted by molar-refractivity contribution is 0.128. The van der Waals surface area contributed by atoms with Crippen LogP contribution >= 0.6 is 0 Å². The molecule has 2 aliphatic rings. The normalized spacial score (nSPS) is 28.2. The van der Waals surface area contributed by atoms with Crippen molar-refractivity contribution in [2.45, 2.75) is 129 Å². The highest BCUT2D eigenvalue weighted by atomic mass is 15.1. The molecule has 4 N–H and O–H groups in total. The summed E-state index contributed by atoms with van der Waals surface area (Å²) in [7, 11) is 0. The molecule has 0 aliphatic carbocycles. The van der Waals surface area contributed by atoms with E-state index in [0.29, 0.717) is 12.1 Å². The highest BCUT2D eigenvalue weighted by Gasteiger charge is 2.39. The molecule has 0 unspecified atom stereocenters. The molecule has 160 valence electrons. The molecule has 0 bridgehead atoms. The molecule has 0 atom stereocenters. The lowest BCUT2D eigenvalue weighted by Crippen LogP contribution is -2.63. The van der Waals surface area contributed by atoms with Gasteiger partial charge in [0.1, 0.15) is 0 Å². The van der Waals surface area contributed by atoms with E-state index in [1.807, 2.05) is 0 Å². The van der Waals surface area contributed by atoms with Gasteiger partial charge in [0, 0.05) is 47.3 Å². The fraction of sp³-hybridized carbons (Fsp3) is 1.00. The Balaban J connectivity index is 1.84. The third-order valence-corrected chi connectivity index (χ3v) is 6.12. The molecule has 0 spiro atoms. The van der Waals surface area contributed by atoms with Gasteiger partial charge in [0.15, 0.2) is 0 Å². The average molecular weight is 381 g/mol. The highest BCUT2D eigenvalue weighted by Crippen LogP contribution is 2.30. The second-order valence-corrected chi connectivity index (χ2v) is 12.9. The summed E-state index contributed by atoms with van der Waals surface area (Å²) >= 11 is 0. The minimum atomic E-state index is 0.202. The summed E-state index contributed by atoms with van der Waals surface area (Å²) in [6, 6.07) is 1.18. The molecule has 0 aromatic heterocycles. The quantitative estimate of drug-likeness (QED) is 0.566. The first-order valence-corrected chi connectivity index (χ1v) is 11.0. The molecular formula is C23H48N4. The Hall–Kier alpha value is -0.160. The third-order valence-electron chi connectivity index (χ3n) is 6.12. The summed E-state index contributed by atoms with van der Waals surface area (Å²) < 4.78 is 0. The topological polar surface area (TPSA) is 48.1 Å². The Labute approximate surface area is 169 Å². The first-order valence-electron chi connectivity index (χ1n) is 11.0. The maximum Gasteiger partial charge on any atom is 0.0144 e. The first kappa shape index (κ1) is 23.1. The van der Waals surface area contributed by atoms with Crippen molar-refractivity contribution in [2.75, 3.05) is 13.1 Å². The van der Waals surface area contributed by atoms with E-state index in [1.165, 1.54) is 25.7 Å². The van der Waals surface area contributed by atoms with Gasteiger partial charge in [-0.05, 0) is 86.5 Å². The molecule has 4 nitrogen and oxygen atoms in total. The predicted molar refractivity (Wildman–Crippen MR) is 118 cm³/mol. The van der Waals surface area contributed by atoms with Crippen LogP contribution in [-0.4, -0.2) is 47.3 Å². The van der Waals surface area contributed by atoms with Gasteiger partial charge < -0.3 is 21.3 Å².